The van der Waals surface area contributed by atoms with Crippen LogP contribution in [0.3, 0.4) is 0 Å². The van der Waals surface area contributed by atoms with E-state index in [1.54, 1.807) is 0 Å². The number of fused-ring (bicyclic) bond motifs is 9. The van der Waals surface area contributed by atoms with Gasteiger partial charge in [0.15, 0.2) is 0 Å². The molecule has 0 N–H and O–H groups in total. The van der Waals surface area contributed by atoms with Gasteiger partial charge >= 0.3 is 141 Å². The fourth-order valence-electron chi connectivity index (χ4n) is 1.81. The monoisotopic (exact) mass is 424 g/mol. The molecule has 0 spiro atoms. The molecule has 104 valence electrons. The summed E-state index contributed by atoms with van der Waals surface area (Å²) < 4.78 is 0. The van der Waals surface area contributed by atoms with Crippen molar-refractivity contribution in [3.8, 4) is 0 Å². The molecule has 0 saturated heterocycles. The van der Waals surface area contributed by atoms with Gasteiger partial charge in [-0.3, -0.25) is 0 Å². The summed E-state index contributed by atoms with van der Waals surface area (Å²) in [5, 5.41) is 4.64. The van der Waals surface area contributed by atoms with Gasteiger partial charge in [0.1, 0.15) is 0 Å². The summed E-state index contributed by atoms with van der Waals surface area (Å²) in [6.07, 6.45) is 11.9. The van der Waals surface area contributed by atoms with E-state index in [0.717, 1.165) is 11.5 Å². The Morgan fingerprint density at radius 1 is 0.550 bits per heavy atom. The summed E-state index contributed by atoms with van der Waals surface area (Å²) in [7, 11) is 0. The Morgan fingerprint density at radius 3 is 1.55 bits per heavy atom. The first-order chi connectivity index (χ1) is 9.95. The van der Waals surface area contributed by atoms with E-state index in [-0.39, 0.29) is 0 Å². The zero-order valence-corrected chi connectivity index (χ0v) is 17.4. The van der Waals surface area contributed by atoms with Crippen molar-refractivity contribution < 1.29 is 0 Å². The maximum absolute atomic E-state index is 2.50. The third-order valence-electron chi connectivity index (χ3n) is 2.84. The van der Waals surface area contributed by atoms with Crippen LogP contribution >= 0.6 is 23.5 Å². The van der Waals surface area contributed by atoms with Crippen LogP contribution in [-0.4, -0.2) is 40.2 Å². The molecule has 3 aliphatic heterocycles. The zero-order valence-electron chi connectivity index (χ0n) is 11.6. The van der Waals surface area contributed by atoms with Crippen molar-refractivity contribution in [2.24, 2.45) is 0 Å². The predicted octanol–water partition coefficient (Wildman–Crippen LogP) is 4.74. The average molecular weight is 422 g/mol. The molecule has 0 fully saturated rings. The van der Waals surface area contributed by atoms with Crippen LogP contribution in [0.25, 0.3) is 0 Å². The van der Waals surface area contributed by atoms with Crippen LogP contribution < -0.4 is 0 Å². The van der Waals surface area contributed by atoms with Crippen molar-refractivity contribution in [3.05, 3.63) is 64.6 Å². The van der Waals surface area contributed by atoms with Crippen LogP contribution in [0.5, 0.6) is 0 Å². The van der Waals surface area contributed by atoms with Crippen molar-refractivity contribution in [2.45, 2.75) is 12.8 Å². The Bertz CT molecular complexity index is 339. The molecule has 3 heterocycles. The SMILES string of the molecule is C1=[CH]\[Ge]2/[CH]=C\CS/C=[CH]\[Ge](/[CH]=C\CC/1)/[CH]=C/SC/C=[CH]\2. The van der Waals surface area contributed by atoms with E-state index < -0.39 is 28.7 Å². The third kappa shape index (κ3) is 7.30. The summed E-state index contributed by atoms with van der Waals surface area (Å²) in [5.41, 5.74) is 0. The third-order valence-corrected chi connectivity index (χ3v) is 12.8. The fraction of sp³-hybridized carbons (Fsp3) is 0.250. The second kappa shape index (κ2) is 10.9. The topological polar surface area (TPSA) is 0 Å². The van der Waals surface area contributed by atoms with Gasteiger partial charge in [0, 0.05) is 0 Å². The zero-order chi connectivity index (χ0) is 13.9. The van der Waals surface area contributed by atoms with Crippen molar-refractivity contribution >= 4 is 52.2 Å². The van der Waals surface area contributed by atoms with Crippen molar-refractivity contribution in [1.29, 1.82) is 0 Å². The molecule has 3 rings (SSSR count). The van der Waals surface area contributed by atoms with Gasteiger partial charge in [0.2, 0.25) is 0 Å². The second-order valence-corrected chi connectivity index (χ2v) is 14.7. The molecule has 0 aromatic rings. The Hall–Kier alpha value is 0.226. The van der Waals surface area contributed by atoms with E-state index in [2.05, 4.69) is 64.6 Å². The standard InChI is InChI=1S/C16H20Ge2S2/c1-2-4-8-18-11-15-19-13-5-9-17(7-3-1)10-6-14-20-16-12-18/h3-12,15-16H,1-2,13-14H2/b7-3-,8-4-,9-5-,10-6-,15-11-,16-12+. The molecule has 0 aromatic carbocycles. The van der Waals surface area contributed by atoms with Gasteiger partial charge in [-0.05, 0) is 0 Å². The maximum atomic E-state index is 2.50. The summed E-state index contributed by atoms with van der Waals surface area (Å²) in [6.45, 7) is 0. The first kappa shape index (κ1) is 16.6. The van der Waals surface area contributed by atoms with Gasteiger partial charge in [-0.1, -0.05) is 0 Å². The molecule has 2 bridgehead atoms. The van der Waals surface area contributed by atoms with Gasteiger partial charge in [0.25, 0.3) is 0 Å². The molecule has 0 aliphatic carbocycles. The molecular formula is C16H20Ge2S2. The van der Waals surface area contributed by atoms with Crippen molar-refractivity contribution in [2.75, 3.05) is 11.5 Å². The van der Waals surface area contributed by atoms with Gasteiger partial charge in [-0.25, -0.2) is 0 Å². The minimum absolute atomic E-state index is 1.11. The van der Waals surface area contributed by atoms with Crippen LogP contribution in [0.1, 0.15) is 12.8 Å². The number of rotatable bonds is 0. The molecule has 0 nitrogen and oxygen atoms in total. The van der Waals surface area contributed by atoms with Gasteiger partial charge in [-0.15, -0.1) is 0 Å². The van der Waals surface area contributed by atoms with Crippen LogP contribution in [0.15, 0.2) is 64.6 Å². The summed E-state index contributed by atoms with van der Waals surface area (Å²) >= 11 is 1.33. The molecule has 0 aromatic heterocycles. The van der Waals surface area contributed by atoms with Gasteiger partial charge in [-0.2, -0.15) is 0 Å². The van der Waals surface area contributed by atoms with Crippen molar-refractivity contribution in [3.63, 3.8) is 0 Å². The number of hydrogen-bond donors (Lipinski definition) is 0. The fourth-order valence-corrected chi connectivity index (χ4v) is 11.7. The Balaban J connectivity index is 2.20. The molecule has 0 atom stereocenters. The first-order valence-electron chi connectivity index (χ1n) is 6.91. The minimum atomic E-state index is -1.27. The molecule has 2 radical (unpaired) electrons. The van der Waals surface area contributed by atoms with Crippen molar-refractivity contribution in [1.82, 2.24) is 0 Å². The normalized spacial score (nSPS) is 31.8. The summed E-state index contributed by atoms with van der Waals surface area (Å²) in [5.74, 6) is 2.23. The Morgan fingerprint density at radius 2 is 1.00 bits per heavy atom. The summed E-state index contributed by atoms with van der Waals surface area (Å²) in [4.78, 5) is 14.9. The predicted molar refractivity (Wildman–Crippen MR) is 100 cm³/mol. The van der Waals surface area contributed by atoms with Crippen LogP contribution in [0.4, 0.5) is 0 Å². The van der Waals surface area contributed by atoms with E-state index >= 15 is 0 Å². The average Bonchev–Trinajstić information content (AvgIpc) is 2.47. The van der Waals surface area contributed by atoms with E-state index in [1.807, 2.05) is 23.5 Å². The first-order valence-corrected chi connectivity index (χ1v) is 16.3. The molecule has 0 amide bonds. The quantitative estimate of drug-likeness (QED) is 0.518. The molecule has 0 unspecified atom stereocenters. The van der Waals surface area contributed by atoms with E-state index in [1.165, 1.54) is 12.8 Å². The Kier molecular flexibility index (Phi) is 9.03. The van der Waals surface area contributed by atoms with Gasteiger partial charge < -0.3 is 0 Å². The van der Waals surface area contributed by atoms with E-state index in [0.29, 0.717) is 0 Å². The molecule has 0 saturated carbocycles. The number of thioether (sulfide) groups is 2. The molecule has 3 aliphatic rings. The van der Waals surface area contributed by atoms with Crippen LogP contribution in [-0.2, 0) is 0 Å². The number of hydrogen-bond acceptors (Lipinski definition) is 2. The second-order valence-electron chi connectivity index (χ2n) is 4.46. The molecule has 20 heavy (non-hydrogen) atoms. The van der Waals surface area contributed by atoms with E-state index in [9.17, 15) is 0 Å². The number of allylic oxidation sites excluding steroid dienone is 2. The molecular weight excluding hydrogens is 402 g/mol. The summed E-state index contributed by atoms with van der Waals surface area (Å²) in [6, 6.07) is 0. The van der Waals surface area contributed by atoms with Crippen LogP contribution in [0, 0.1) is 0 Å². The van der Waals surface area contributed by atoms with E-state index in [4.69, 9.17) is 0 Å². The van der Waals surface area contributed by atoms with Crippen LogP contribution in [0.2, 0.25) is 0 Å². The molecule has 4 heteroatoms. The van der Waals surface area contributed by atoms with Gasteiger partial charge in [0.05, 0.1) is 0 Å². The Labute approximate surface area is 140 Å².